The molecule has 4 rings (SSSR count). The second kappa shape index (κ2) is 8.65. The van der Waals surface area contributed by atoms with Crippen molar-refractivity contribution in [1.82, 2.24) is 15.3 Å². The summed E-state index contributed by atoms with van der Waals surface area (Å²) >= 11 is 12.1. The van der Waals surface area contributed by atoms with Crippen LogP contribution in [0.3, 0.4) is 0 Å². The van der Waals surface area contributed by atoms with Crippen molar-refractivity contribution in [2.24, 2.45) is 0 Å². The van der Waals surface area contributed by atoms with E-state index < -0.39 is 0 Å². The molecule has 0 aliphatic heterocycles. The molecule has 6 heteroatoms. The monoisotopic (exact) mass is 411 g/mol. The average Bonchev–Trinajstić information content (AvgIpc) is 3.11. The lowest BCUT2D eigenvalue weighted by Crippen LogP contribution is -2.13. The smallest absolute Gasteiger partial charge is 0.121 e. The van der Waals surface area contributed by atoms with Gasteiger partial charge < -0.3 is 15.0 Å². The summed E-state index contributed by atoms with van der Waals surface area (Å²) in [7, 11) is 0. The summed E-state index contributed by atoms with van der Waals surface area (Å²) < 4.78 is 5.81. The minimum absolute atomic E-state index is 0.402. The first kappa shape index (κ1) is 18.8. The Kier molecular flexibility index (Phi) is 5.81. The highest BCUT2D eigenvalue weighted by Gasteiger charge is 2.04. The third-order valence-corrected chi connectivity index (χ3v) is 4.98. The van der Waals surface area contributed by atoms with Gasteiger partial charge in [-0.3, -0.25) is 0 Å². The van der Waals surface area contributed by atoms with Crippen LogP contribution in [0.5, 0.6) is 5.75 Å². The number of para-hydroxylation sites is 2. The van der Waals surface area contributed by atoms with Crippen molar-refractivity contribution >= 4 is 34.2 Å². The van der Waals surface area contributed by atoms with Crippen LogP contribution in [-0.4, -0.2) is 9.97 Å². The van der Waals surface area contributed by atoms with Crippen LogP contribution < -0.4 is 10.1 Å². The lowest BCUT2D eigenvalue weighted by atomic mass is 10.2. The number of nitrogens with one attached hydrogen (secondary N) is 2. The average molecular weight is 412 g/mol. The lowest BCUT2D eigenvalue weighted by molar-refractivity contribution is 0.306. The molecule has 0 spiro atoms. The molecule has 1 heterocycles. The molecule has 0 saturated heterocycles. The van der Waals surface area contributed by atoms with Crippen molar-refractivity contribution in [3.05, 3.63) is 93.7 Å². The van der Waals surface area contributed by atoms with E-state index in [1.807, 2.05) is 60.7 Å². The maximum absolute atomic E-state index is 6.17. The zero-order chi connectivity index (χ0) is 19.3. The number of benzene rings is 3. The maximum Gasteiger partial charge on any atom is 0.121 e. The summed E-state index contributed by atoms with van der Waals surface area (Å²) in [5.41, 5.74) is 4.12. The molecule has 4 nitrogen and oxygen atoms in total. The summed E-state index contributed by atoms with van der Waals surface area (Å²) in [5.74, 6) is 1.73. The first-order chi connectivity index (χ1) is 13.7. The molecule has 0 amide bonds. The maximum atomic E-state index is 6.17. The number of hydrogen-bond donors (Lipinski definition) is 2. The highest BCUT2D eigenvalue weighted by Crippen LogP contribution is 2.23. The van der Waals surface area contributed by atoms with Gasteiger partial charge in [-0.1, -0.05) is 53.5 Å². The van der Waals surface area contributed by atoms with Crippen LogP contribution in [-0.2, 0) is 19.7 Å². The predicted octanol–water partition coefficient (Wildman–Crippen LogP) is 5.74. The second-order valence-corrected chi connectivity index (χ2v) is 7.32. The molecular formula is C22H19Cl2N3O. The molecule has 2 N–H and O–H groups in total. The first-order valence-electron chi connectivity index (χ1n) is 8.97. The highest BCUT2D eigenvalue weighted by molar-refractivity contribution is 6.35. The van der Waals surface area contributed by atoms with E-state index in [4.69, 9.17) is 27.9 Å². The topological polar surface area (TPSA) is 49.9 Å². The van der Waals surface area contributed by atoms with Crippen LogP contribution >= 0.6 is 23.2 Å². The van der Waals surface area contributed by atoms with E-state index in [2.05, 4.69) is 15.3 Å². The molecule has 0 aliphatic rings. The molecule has 0 bridgehead atoms. The molecule has 0 saturated carbocycles. The number of halogens is 2. The zero-order valence-corrected chi connectivity index (χ0v) is 16.6. The van der Waals surface area contributed by atoms with Crippen LogP contribution in [0.25, 0.3) is 11.0 Å². The number of imidazole rings is 1. The molecular weight excluding hydrogens is 393 g/mol. The number of rotatable bonds is 7. The fraction of sp³-hybridized carbons (Fsp3) is 0.136. The number of aromatic amines is 1. The van der Waals surface area contributed by atoms with E-state index in [9.17, 15) is 0 Å². The number of hydrogen-bond acceptors (Lipinski definition) is 3. The normalized spacial score (nSPS) is 11.1. The van der Waals surface area contributed by atoms with Crippen molar-refractivity contribution in [3.63, 3.8) is 0 Å². The summed E-state index contributed by atoms with van der Waals surface area (Å²) in [6, 6.07) is 21.4. The number of ether oxygens (including phenoxy) is 1. The van der Waals surface area contributed by atoms with Gasteiger partial charge >= 0.3 is 0 Å². The lowest BCUT2D eigenvalue weighted by Gasteiger charge is -2.09. The molecule has 0 aliphatic carbocycles. The van der Waals surface area contributed by atoms with Gasteiger partial charge in [-0.05, 0) is 42.0 Å². The Morgan fingerprint density at radius 2 is 1.75 bits per heavy atom. The minimum Gasteiger partial charge on any atom is -0.489 e. The van der Waals surface area contributed by atoms with E-state index in [-0.39, 0.29) is 0 Å². The molecule has 0 atom stereocenters. The molecule has 1 aromatic heterocycles. The molecule has 0 fully saturated rings. The zero-order valence-electron chi connectivity index (χ0n) is 15.1. The Balaban J connectivity index is 1.28. The van der Waals surface area contributed by atoms with Gasteiger partial charge in [0, 0.05) is 22.2 Å². The van der Waals surface area contributed by atoms with Crippen LogP contribution in [0.1, 0.15) is 17.0 Å². The van der Waals surface area contributed by atoms with Gasteiger partial charge in [0.2, 0.25) is 0 Å². The summed E-state index contributed by atoms with van der Waals surface area (Å²) in [5, 5.41) is 4.63. The van der Waals surface area contributed by atoms with Gasteiger partial charge in [0.25, 0.3) is 0 Å². The Bertz CT molecular complexity index is 1040. The van der Waals surface area contributed by atoms with E-state index in [1.54, 1.807) is 6.07 Å². The van der Waals surface area contributed by atoms with Gasteiger partial charge in [0.1, 0.15) is 18.2 Å². The largest absolute Gasteiger partial charge is 0.489 e. The van der Waals surface area contributed by atoms with Crippen LogP contribution in [0.4, 0.5) is 0 Å². The van der Waals surface area contributed by atoms with Gasteiger partial charge in [-0.15, -0.1) is 0 Å². The Labute approximate surface area is 173 Å². The minimum atomic E-state index is 0.402. The SMILES string of the molecule is Clc1ccc(COc2ccc(CNCc3nc4ccccc4[nH]3)cc2)c(Cl)c1. The Morgan fingerprint density at radius 3 is 2.54 bits per heavy atom. The van der Waals surface area contributed by atoms with Crippen LogP contribution in [0, 0.1) is 0 Å². The second-order valence-electron chi connectivity index (χ2n) is 6.47. The van der Waals surface area contributed by atoms with Gasteiger partial charge in [0.15, 0.2) is 0 Å². The standard InChI is InChI=1S/C22H19Cl2N3O/c23-17-8-7-16(19(24)11-17)14-28-18-9-5-15(6-10-18)12-25-13-22-26-20-3-1-2-4-21(20)27-22/h1-11,25H,12-14H2,(H,26,27). The van der Waals surface area contributed by atoms with E-state index >= 15 is 0 Å². The number of H-pyrrole nitrogens is 1. The molecule has 4 aromatic rings. The molecule has 142 valence electrons. The van der Waals surface area contributed by atoms with Gasteiger partial charge in [-0.25, -0.2) is 4.98 Å². The van der Waals surface area contributed by atoms with Crippen LogP contribution in [0.15, 0.2) is 66.7 Å². The van der Waals surface area contributed by atoms with Crippen LogP contribution in [0.2, 0.25) is 10.0 Å². The first-order valence-corrected chi connectivity index (χ1v) is 9.73. The fourth-order valence-corrected chi connectivity index (χ4v) is 3.38. The van der Waals surface area contributed by atoms with E-state index in [0.29, 0.717) is 23.2 Å². The van der Waals surface area contributed by atoms with Crippen molar-refractivity contribution in [3.8, 4) is 5.75 Å². The van der Waals surface area contributed by atoms with Gasteiger partial charge in [-0.2, -0.15) is 0 Å². The summed E-state index contributed by atoms with van der Waals surface area (Å²) in [4.78, 5) is 7.89. The van der Waals surface area contributed by atoms with E-state index in [1.165, 1.54) is 5.56 Å². The third-order valence-electron chi connectivity index (χ3n) is 4.39. The van der Waals surface area contributed by atoms with Crippen molar-refractivity contribution in [2.75, 3.05) is 0 Å². The molecule has 28 heavy (non-hydrogen) atoms. The van der Waals surface area contributed by atoms with Gasteiger partial charge in [0.05, 0.1) is 17.6 Å². The highest BCUT2D eigenvalue weighted by atomic mass is 35.5. The van der Waals surface area contributed by atoms with Crippen molar-refractivity contribution in [1.29, 1.82) is 0 Å². The number of fused-ring (bicyclic) bond motifs is 1. The number of aromatic nitrogens is 2. The molecule has 0 unspecified atom stereocenters. The summed E-state index contributed by atoms with van der Waals surface area (Å²) in [6.07, 6.45) is 0. The van der Waals surface area contributed by atoms with Crippen molar-refractivity contribution in [2.45, 2.75) is 19.7 Å². The third kappa shape index (κ3) is 4.65. The predicted molar refractivity (Wildman–Crippen MR) is 114 cm³/mol. The quantitative estimate of drug-likeness (QED) is 0.407. The Hall–Kier alpha value is -2.53. The molecule has 0 radical (unpaired) electrons. The fourth-order valence-electron chi connectivity index (χ4n) is 2.92. The van der Waals surface area contributed by atoms with E-state index in [0.717, 1.165) is 34.7 Å². The summed E-state index contributed by atoms with van der Waals surface area (Å²) in [6.45, 7) is 1.84. The van der Waals surface area contributed by atoms with Crippen molar-refractivity contribution < 1.29 is 4.74 Å². The Morgan fingerprint density at radius 1 is 0.929 bits per heavy atom. The molecule has 3 aromatic carbocycles. The number of nitrogens with zero attached hydrogens (tertiary/aromatic N) is 1.